The molecule has 34 heavy (non-hydrogen) atoms. The Morgan fingerprint density at radius 1 is 0.618 bits per heavy atom. The van der Waals surface area contributed by atoms with Crippen molar-refractivity contribution in [2.45, 2.75) is 95.8 Å². The standard InChI is InChI=1S/C30H42O4/c1-2-3-4-5-9-20-26(24-16-10-6-11-17-24)23-27(25-18-12-7-13-19-25)21-14-8-15-22-28(29(31)32)30(33)34/h6-7,10-13,16-19,26-28H,2-5,8-9,14-15,20-23H2,1H3,(H,31,32)(H,33,34). The molecule has 0 aliphatic heterocycles. The molecule has 2 atom stereocenters. The lowest BCUT2D eigenvalue weighted by molar-refractivity contribution is -0.154. The van der Waals surface area contributed by atoms with Crippen LogP contribution in [0, 0.1) is 5.92 Å². The number of hydrogen-bond acceptors (Lipinski definition) is 2. The minimum atomic E-state index is -1.29. The highest BCUT2D eigenvalue weighted by Crippen LogP contribution is 2.36. The Morgan fingerprint density at radius 3 is 1.47 bits per heavy atom. The molecule has 2 aromatic rings. The molecule has 186 valence electrons. The van der Waals surface area contributed by atoms with Crippen LogP contribution in [0.4, 0.5) is 0 Å². The number of aliphatic carboxylic acids is 2. The minimum absolute atomic E-state index is 0.199. The molecule has 0 saturated heterocycles. The summed E-state index contributed by atoms with van der Waals surface area (Å²) in [7, 11) is 0. The fourth-order valence-corrected chi connectivity index (χ4v) is 4.90. The number of carbonyl (C=O) groups is 2. The summed E-state index contributed by atoms with van der Waals surface area (Å²) in [6, 6.07) is 21.6. The van der Waals surface area contributed by atoms with Gasteiger partial charge in [0, 0.05) is 0 Å². The molecule has 4 nitrogen and oxygen atoms in total. The summed E-state index contributed by atoms with van der Waals surface area (Å²) in [5.41, 5.74) is 2.79. The number of carboxylic acid groups (broad SMARTS) is 2. The molecule has 0 bridgehead atoms. The van der Waals surface area contributed by atoms with Crippen LogP contribution in [0.3, 0.4) is 0 Å². The fourth-order valence-electron chi connectivity index (χ4n) is 4.90. The van der Waals surface area contributed by atoms with Gasteiger partial charge in [-0.05, 0) is 48.6 Å². The smallest absolute Gasteiger partial charge is 0.317 e. The molecule has 0 saturated carbocycles. The Bertz CT molecular complexity index is 804. The second kappa shape index (κ2) is 16.1. The van der Waals surface area contributed by atoms with Crippen molar-refractivity contribution in [1.29, 1.82) is 0 Å². The predicted octanol–water partition coefficient (Wildman–Crippen LogP) is 8.04. The first-order chi connectivity index (χ1) is 16.5. The van der Waals surface area contributed by atoms with Gasteiger partial charge in [-0.1, -0.05) is 119 Å². The van der Waals surface area contributed by atoms with Gasteiger partial charge in [0.25, 0.3) is 0 Å². The molecule has 2 N–H and O–H groups in total. The highest BCUT2D eigenvalue weighted by Gasteiger charge is 2.25. The van der Waals surface area contributed by atoms with Crippen LogP contribution in [0.2, 0.25) is 0 Å². The molecule has 2 unspecified atom stereocenters. The van der Waals surface area contributed by atoms with Crippen molar-refractivity contribution < 1.29 is 19.8 Å². The highest BCUT2D eigenvalue weighted by atomic mass is 16.4. The van der Waals surface area contributed by atoms with Gasteiger partial charge in [0.2, 0.25) is 0 Å². The van der Waals surface area contributed by atoms with E-state index in [1.165, 1.54) is 49.7 Å². The first-order valence-electron chi connectivity index (χ1n) is 13.1. The molecule has 0 radical (unpaired) electrons. The first-order valence-corrected chi connectivity index (χ1v) is 13.1. The van der Waals surface area contributed by atoms with E-state index in [1.807, 2.05) is 0 Å². The SMILES string of the molecule is CCCCCCCC(CC(CCCCCC(C(=O)O)C(=O)O)c1ccccc1)c1ccccc1. The third-order valence-electron chi connectivity index (χ3n) is 6.91. The van der Waals surface area contributed by atoms with E-state index in [0.29, 0.717) is 18.3 Å². The van der Waals surface area contributed by atoms with Crippen LogP contribution in [0.15, 0.2) is 60.7 Å². The lowest BCUT2D eigenvalue weighted by Crippen LogP contribution is -2.23. The number of benzene rings is 2. The number of hydrogen-bond donors (Lipinski definition) is 2. The number of rotatable bonds is 18. The van der Waals surface area contributed by atoms with Crippen LogP contribution >= 0.6 is 0 Å². The zero-order chi connectivity index (χ0) is 24.6. The summed E-state index contributed by atoms with van der Waals surface area (Å²) in [5, 5.41) is 18.2. The van der Waals surface area contributed by atoms with Crippen LogP contribution < -0.4 is 0 Å². The molecule has 0 spiro atoms. The van der Waals surface area contributed by atoms with Crippen LogP contribution in [0.5, 0.6) is 0 Å². The van der Waals surface area contributed by atoms with Crippen LogP contribution in [0.25, 0.3) is 0 Å². The average molecular weight is 467 g/mol. The second-order valence-electron chi connectivity index (χ2n) is 9.52. The lowest BCUT2D eigenvalue weighted by Gasteiger charge is -2.25. The summed E-state index contributed by atoms with van der Waals surface area (Å²) in [4.78, 5) is 22.2. The third-order valence-corrected chi connectivity index (χ3v) is 6.91. The van der Waals surface area contributed by atoms with E-state index in [-0.39, 0.29) is 6.42 Å². The van der Waals surface area contributed by atoms with Gasteiger partial charge in [-0.15, -0.1) is 0 Å². The molecule has 0 aliphatic carbocycles. The maximum Gasteiger partial charge on any atom is 0.317 e. The Labute approximate surface area is 205 Å². The summed E-state index contributed by atoms with van der Waals surface area (Å²) in [6.45, 7) is 2.25. The van der Waals surface area contributed by atoms with Gasteiger partial charge in [-0.2, -0.15) is 0 Å². The molecule has 2 rings (SSSR count). The van der Waals surface area contributed by atoms with E-state index in [0.717, 1.165) is 25.7 Å². The normalized spacial score (nSPS) is 13.0. The predicted molar refractivity (Wildman–Crippen MR) is 138 cm³/mol. The largest absolute Gasteiger partial charge is 0.481 e. The van der Waals surface area contributed by atoms with E-state index >= 15 is 0 Å². The maximum absolute atomic E-state index is 11.1. The molecule has 0 heterocycles. The van der Waals surface area contributed by atoms with E-state index < -0.39 is 17.9 Å². The Balaban J connectivity index is 2.00. The summed E-state index contributed by atoms with van der Waals surface area (Å²) in [6.07, 6.45) is 12.4. The molecular formula is C30H42O4. The van der Waals surface area contributed by atoms with Crippen molar-refractivity contribution in [3.8, 4) is 0 Å². The summed E-state index contributed by atoms with van der Waals surface area (Å²) < 4.78 is 0. The quantitative estimate of drug-likeness (QED) is 0.172. The molecular weight excluding hydrogens is 424 g/mol. The Morgan fingerprint density at radius 2 is 1.03 bits per heavy atom. The van der Waals surface area contributed by atoms with Gasteiger partial charge in [0.15, 0.2) is 5.92 Å². The van der Waals surface area contributed by atoms with Crippen molar-refractivity contribution in [2.24, 2.45) is 5.92 Å². The number of carboxylic acids is 2. The van der Waals surface area contributed by atoms with Gasteiger partial charge in [0.1, 0.15) is 0 Å². The van der Waals surface area contributed by atoms with Gasteiger partial charge in [-0.3, -0.25) is 9.59 Å². The van der Waals surface area contributed by atoms with Gasteiger partial charge >= 0.3 is 11.9 Å². The van der Waals surface area contributed by atoms with Gasteiger partial charge in [-0.25, -0.2) is 0 Å². The summed E-state index contributed by atoms with van der Waals surface area (Å²) >= 11 is 0. The molecule has 4 heteroatoms. The maximum atomic E-state index is 11.1. The average Bonchev–Trinajstić information content (AvgIpc) is 2.84. The van der Waals surface area contributed by atoms with Crippen LogP contribution in [0.1, 0.15) is 107 Å². The fraction of sp³-hybridized carbons (Fsp3) is 0.533. The monoisotopic (exact) mass is 466 g/mol. The first kappa shape index (κ1) is 27.6. The van der Waals surface area contributed by atoms with Crippen molar-refractivity contribution in [3.63, 3.8) is 0 Å². The third kappa shape index (κ3) is 10.1. The Hall–Kier alpha value is -2.62. The topological polar surface area (TPSA) is 74.6 Å². The molecule has 2 aromatic carbocycles. The molecule has 0 amide bonds. The molecule has 0 fully saturated rings. The van der Waals surface area contributed by atoms with Gasteiger partial charge in [0.05, 0.1) is 0 Å². The highest BCUT2D eigenvalue weighted by molar-refractivity contribution is 5.92. The van der Waals surface area contributed by atoms with E-state index in [2.05, 4.69) is 67.6 Å². The summed E-state index contributed by atoms with van der Waals surface area (Å²) in [5.74, 6) is -2.80. The molecule has 0 aliphatic rings. The number of unbranched alkanes of at least 4 members (excludes halogenated alkanes) is 6. The van der Waals surface area contributed by atoms with E-state index in [1.54, 1.807) is 0 Å². The lowest BCUT2D eigenvalue weighted by atomic mass is 9.80. The van der Waals surface area contributed by atoms with E-state index in [9.17, 15) is 9.59 Å². The van der Waals surface area contributed by atoms with Crippen molar-refractivity contribution in [1.82, 2.24) is 0 Å². The van der Waals surface area contributed by atoms with Crippen LogP contribution in [-0.2, 0) is 9.59 Å². The zero-order valence-electron chi connectivity index (χ0n) is 20.7. The van der Waals surface area contributed by atoms with Crippen LogP contribution in [-0.4, -0.2) is 22.2 Å². The van der Waals surface area contributed by atoms with Crippen molar-refractivity contribution >= 4 is 11.9 Å². The van der Waals surface area contributed by atoms with Crippen molar-refractivity contribution in [3.05, 3.63) is 71.8 Å². The minimum Gasteiger partial charge on any atom is -0.481 e. The van der Waals surface area contributed by atoms with Crippen molar-refractivity contribution in [2.75, 3.05) is 0 Å². The Kier molecular flexibility index (Phi) is 13.1. The molecule has 0 aromatic heterocycles. The van der Waals surface area contributed by atoms with E-state index in [4.69, 9.17) is 10.2 Å². The second-order valence-corrected chi connectivity index (χ2v) is 9.52. The zero-order valence-corrected chi connectivity index (χ0v) is 20.7. The van der Waals surface area contributed by atoms with Gasteiger partial charge < -0.3 is 10.2 Å².